The topological polar surface area (TPSA) is 102 Å². The predicted octanol–water partition coefficient (Wildman–Crippen LogP) is 1.23. The fourth-order valence-corrected chi connectivity index (χ4v) is 3.72. The van der Waals surface area contributed by atoms with Crippen LogP contribution in [0.4, 0.5) is 0 Å². The maximum absolute atomic E-state index is 13.1. The number of carbonyl (C=O) groups excluding carboxylic acids is 2. The molecule has 3 rings (SSSR count). The number of benzene rings is 1. The van der Waals surface area contributed by atoms with Crippen molar-refractivity contribution in [2.45, 2.75) is 38.5 Å². The highest BCUT2D eigenvalue weighted by Gasteiger charge is 2.51. The van der Waals surface area contributed by atoms with E-state index in [1.165, 1.54) is 0 Å². The standard InChI is InChI=1S/C23H31N3O5/c1-16(2)15-18(24-21(27)19-20(31-19)23(29)30)22(28)26-13-11-25(12-14-26)10-6-9-17-7-4-3-5-8-17/h3-9,16,18-20H,10-15H2,1-2H3,(H,24,27)(H,29,30)/b9-6+/t18-,19+,20+/m0/s1. The summed E-state index contributed by atoms with van der Waals surface area (Å²) in [4.78, 5) is 40.3. The molecule has 2 heterocycles. The molecule has 0 spiro atoms. The van der Waals surface area contributed by atoms with E-state index in [9.17, 15) is 14.4 Å². The van der Waals surface area contributed by atoms with Crippen molar-refractivity contribution in [3.63, 3.8) is 0 Å². The van der Waals surface area contributed by atoms with Gasteiger partial charge >= 0.3 is 5.97 Å². The van der Waals surface area contributed by atoms with Crippen LogP contribution in [-0.4, -0.2) is 83.7 Å². The molecular weight excluding hydrogens is 398 g/mol. The van der Waals surface area contributed by atoms with Crippen molar-refractivity contribution in [2.75, 3.05) is 32.7 Å². The Bertz CT molecular complexity index is 803. The molecule has 2 aliphatic heterocycles. The second-order valence-corrected chi connectivity index (χ2v) is 8.45. The minimum absolute atomic E-state index is 0.117. The van der Waals surface area contributed by atoms with Crippen LogP contribution in [0.3, 0.4) is 0 Å². The fourth-order valence-electron chi connectivity index (χ4n) is 3.72. The predicted molar refractivity (Wildman–Crippen MR) is 116 cm³/mol. The number of hydrogen-bond acceptors (Lipinski definition) is 5. The summed E-state index contributed by atoms with van der Waals surface area (Å²) in [5.74, 6) is -1.61. The molecule has 1 aromatic carbocycles. The summed E-state index contributed by atoms with van der Waals surface area (Å²) < 4.78 is 4.91. The summed E-state index contributed by atoms with van der Waals surface area (Å²) in [6.45, 7) is 7.51. The number of epoxide rings is 1. The number of ether oxygens (including phenoxy) is 1. The van der Waals surface area contributed by atoms with Gasteiger partial charge in [-0.25, -0.2) is 4.79 Å². The van der Waals surface area contributed by atoms with Crippen molar-refractivity contribution in [2.24, 2.45) is 5.92 Å². The third-order valence-corrected chi connectivity index (χ3v) is 5.47. The van der Waals surface area contributed by atoms with E-state index in [0.29, 0.717) is 19.5 Å². The molecule has 2 aliphatic rings. The van der Waals surface area contributed by atoms with Crippen molar-refractivity contribution < 1.29 is 24.2 Å². The number of rotatable bonds is 9. The Balaban J connectivity index is 1.48. The van der Waals surface area contributed by atoms with Gasteiger partial charge in [0, 0.05) is 32.7 Å². The fraction of sp³-hybridized carbons (Fsp3) is 0.522. The first kappa shape index (κ1) is 23.0. The number of nitrogens with one attached hydrogen (secondary N) is 1. The van der Waals surface area contributed by atoms with Crippen LogP contribution >= 0.6 is 0 Å². The minimum Gasteiger partial charge on any atom is -0.479 e. The van der Waals surface area contributed by atoms with Crippen molar-refractivity contribution in [1.29, 1.82) is 0 Å². The number of nitrogens with zero attached hydrogens (tertiary/aromatic N) is 2. The molecule has 2 fully saturated rings. The summed E-state index contributed by atoms with van der Waals surface area (Å²) in [6.07, 6.45) is 2.60. The summed E-state index contributed by atoms with van der Waals surface area (Å²) in [5.41, 5.74) is 1.16. The van der Waals surface area contributed by atoms with Gasteiger partial charge in [-0.1, -0.05) is 56.3 Å². The first-order chi connectivity index (χ1) is 14.8. The smallest absolute Gasteiger partial charge is 0.336 e. The Labute approximate surface area is 182 Å². The number of piperazine rings is 1. The summed E-state index contributed by atoms with van der Waals surface area (Å²) in [5, 5.41) is 11.6. The van der Waals surface area contributed by atoms with Gasteiger partial charge in [-0.15, -0.1) is 0 Å². The van der Waals surface area contributed by atoms with Crippen LogP contribution in [-0.2, 0) is 19.1 Å². The van der Waals surface area contributed by atoms with Crippen molar-refractivity contribution in [3.8, 4) is 0 Å². The molecule has 8 nitrogen and oxygen atoms in total. The van der Waals surface area contributed by atoms with Gasteiger partial charge in [-0.3, -0.25) is 14.5 Å². The molecule has 2 saturated heterocycles. The van der Waals surface area contributed by atoms with E-state index in [-0.39, 0.29) is 11.8 Å². The lowest BCUT2D eigenvalue weighted by molar-refractivity contribution is -0.138. The van der Waals surface area contributed by atoms with E-state index in [4.69, 9.17) is 9.84 Å². The molecule has 8 heteroatoms. The van der Waals surface area contributed by atoms with Crippen LogP contribution in [0.25, 0.3) is 6.08 Å². The van der Waals surface area contributed by atoms with Gasteiger partial charge in [0.15, 0.2) is 12.2 Å². The van der Waals surface area contributed by atoms with Crippen molar-refractivity contribution in [1.82, 2.24) is 15.1 Å². The normalized spacial score (nSPS) is 22.5. The minimum atomic E-state index is -1.16. The zero-order chi connectivity index (χ0) is 22.4. The van der Waals surface area contributed by atoms with E-state index in [0.717, 1.165) is 25.2 Å². The Kier molecular flexibility index (Phi) is 7.81. The molecule has 0 saturated carbocycles. The van der Waals surface area contributed by atoms with Gasteiger partial charge in [-0.2, -0.15) is 0 Å². The average Bonchev–Trinajstić information content (AvgIpc) is 3.55. The highest BCUT2D eigenvalue weighted by Crippen LogP contribution is 2.23. The van der Waals surface area contributed by atoms with Crippen LogP contribution in [0.5, 0.6) is 0 Å². The SMILES string of the molecule is CC(C)C[C@H](NC(=O)[C@@H]1O[C@H]1C(=O)O)C(=O)N1CCN(C/C=C/c2ccccc2)CC1. The number of aliphatic carboxylic acids is 1. The number of hydrogen-bond donors (Lipinski definition) is 2. The van der Waals surface area contributed by atoms with Gasteiger partial charge in [0.2, 0.25) is 5.91 Å². The van der Waals surface area contributed by atoms with Gasteiger partial charge in [0.05, 0.1) is 0 Å². The molecule has 0 bridgehead atoms. The molecule has 0 aliphatic carbocycles. The van der Waals surface area contributed by atoms with Gasteiger partial charge in [-0.05, 0) is 17.9 Å². The molecule has 168 valence electrons. The van der Waals surface area contributed by atoms with E-state index in [1.807, 2.05) is 32.0 Å². The van der Waals surface area contributed by atoms with E-state index < -0.39 is 30.1 Å². The van der Waals surface area contributed by atoms with Gasteiger partial charge in [0.1, 0.15) is 6.04 Å². The number of carbonyl (C=O) groups is 3. The van der Waals surface area contributed by atoms with Crippen LogP contribution in [0, 0.1) is 5.92 Å². The van der Waals surface area contributed by atoms with Crippen molar-refractivity contribution in [3.05, 3.63) is 42.0 Å². The van der Waals surface area contributed by atoms with E-state index in [2.05, 4.69) is 34.5 Å². The average molecular weight is 430 g/mol. The second kappa shape index (κ2) is 10.5. The highest BCUT2D eigenvalue weighted by molar-refractivity contribution is 5.95. The summed E-state index contributed by atoms with van der Waals surface area (Å²) in [7, 11) is 0. The maximum Gasteiger partial charge on any atom is 0.336 e. The molecule has 31 heavy (non-hydrogen) atoms. The van der Waals surface area contributed by atoms with Gasteiger partial charge < -0.3 is 20.1 Å². The molecule has 1 aromatic rings. The number of amides is 2. The van der Waals surface area contributed by atoms with Crippen LogP contribution in [0.1, 0.15) is 25.8 Å². The largest absolute Gasteiger partial charge is 0.479 e. The molecule has 0 aromatic heterocycles. The first-order valence-corrected chi connectivity index (χ1v) is 10.8. The van der Waals surface area contributed by atoms with E-state index >= 15 is 0 Å². The molecular formula is C23H31N3O5. The first-order valence-electron chi connectivity index (χ1n) is 10.8. The number of carboxylic acids is 1. The summed E-state index contributed by atoms with van der Waals surface area (Å²) >= 11 is 0. The Hall–Kier alpha value is -2.71. The Morgan fingerprint density at radius 1 is 1.13 bits per heavy atom. The van der Waals surface area contributed by atoms with Crippen molar-refractivity contribution >= 4 is 23.9 Å². The van der Waals surface area contributed by atoms with Crippen LogP contribution in [0.2, 0.25) is 0 Å². The monoisotopic (exact) mass is 429 g/mol. The molecule has 0 radical (unpaired) electrons. The van der Waals surface area contributed by atoms with E-state index in [1.54, 1.807) is 4.90 Å². The lowest BCUT2D eigenvalue weighted by Gasteiger charge is -2.36. The zero-order valence-electron chi connectivity index (χ0n) is 18.1. The van der Waals surface area contributed by atoms with Crippen LogP contribution in [0.15, 0.2) is 36.4 Å². The molecule has 0 unspecified atom stereocenters. The molecule has 3 atom stereocenters. The van der Waals surface area contributed by atoms with Gasteiger partial charge in [0.25, 0.3) is 5.91 Å². The maximum atomic E-state index is 13.1. The van der Waals surface area contributed by atoms with Crippen LogP contribution < -0.4 is 5.32 Å². The second-order valence-electron chi connectivity index (χ2n) is 8.45. The number of carboxylic acid groups (broad SMARTS) is 1. The molecule has 2 N–H and O–H groups in total. The highest BCUT2D eigenvalue weighted by atomic mass is 16.6. The third-order valence-electron chi connectivity index (χ3n) is 5.47. The quantitative estimate of drug-likeness (QED) is 0.573. The molecule has 2 amide bonds. The Morgan fingerprint density at radius 3 is 2.39 bits per heavy atom. The lowest BCUT2D eigenvalue weighted by Crippen LogP contribution is -2.55. The third kappa shape index (κ3) is 6.63. The summed E-state index contributed by atoms with van der Waals surface area (Å²) in [6, 6.07) is 9.45. The zero-order valence-corrected chi connectivity index (χ0v) is 18.1. The Morgan fingerprint density at radius 2 is 1.81 bits per heavy atom. The lowest BCUT2D eigenvalue weighted by atomic mass is 10.0.